The van der Waals surface area contributed by atoms with Gasteiger partial charge in [-0.15, -0.1) is 0 Å². The van der Waals surface area contributed by atoms with Gasteiger partial charge in [0.05, 0.1) is 18.1 Å². The van der Waals surface area contributed by atoms with E-state index >= 15 is 0 Å². The van der Waals surface area contributed by atoms with Crippen LogP contribution in [0.2, 0.25) is 5.15 Å². The van der Waals surface area contributed by atoms with Crippen molar-refractivity contribution in [3.63, 3.8) is 0 Å². The summed E-state index contributed by atoms with van der Waals surface area (Å²) in [5.74, 6) is -0.934. The predicted molar refractivity (Wildman–Crippen MR) is 63.9 cm³/mol. The summed E-state index contributed by atoms with van der Waals surface area (Å²) >= 11 is 5.60. The van der Waals surface area contributed by atoms with Gasteiger partial charge < -0.3 is 14.9 Å². The summed E-state index contributed by atoms with van der Waals surface area (Å²) in [6, 6.07) is 0. The number of esters is 1. The second kappa shape index (κ2) is 5.60. The topological polar surface area (TPSA) is 92.5 Å². The Morgan fingerprint density at radius 1 is 1.39 bits per heavy atom. The molecule has 0 aliphatic rings. The lowest BCUT2D eigenvalue weighted by atomic mass is 10.1. The molecule has 0 aliphatic heterocycles. The first-order chi connectivity index (χ1) is 8.20. The van der Waals surface area contributed by atoms with E-state index in [1.165, 1.54) is 12.4 Å². The van der Waals surface area contributed by atoms with Gasteiger partial charge >= 0.3 is 5.97 Å². The summed E-state index contributed by atoms with van der Waals surface area (Å²) in [6.45, 7) is 4.97. The van der Waals surface area contributed by atoms with Crippen LogP contribution in [0.25, 0.3) is 0 Å². The van der Waals surface area contributed by atoms with Gasteiger partial charge in [0, 0.05) is 0 Å². The Bertz CT molecular complexity index is 433. The van der Waals surface area contributed by atoms with Gasteiger partial charge in [0.2, 0.25) is 0 Å². The standard InChI is InChI=1S/C11H15ClN2O4/c1-11(2,3)18-10(17)9(16)8(15)6-4-13-5-7(12)14-6/h4-5,8-9,15-16H,1-3H3/t8-,9?/m0/s1. The lowest BCUT2D eigenvalue weighted by Crippen LogP contribution is -2.35. The molecular formula is C11H15ClN2O4. The fourth-order valence-electron chi connectivity index (χ4n) is 1.15. The van der Waals surface area contributed by atoms with Gasteiger partial charge in [0.25, 0.3) is 0 Å². The molecule has 18 heavy (non-hydrogen) atoms. The maximum atomic E-state index is 11.5. The van der Waals surface area contributed by atoms with Crippen molar-refractivity contribution in [2.24, 2.45) is 0 Å². The average Bonchev–Trinajstić information content (AvgIpc) is 2.24. The molecular weight excluding hydrogens is 260 g/mol. The van der Waals surface area contributed by atoms with Crippen molar-refractivity contribution in [3.8, 4) is 0 Å². The molecule has 0 fully saturated rings. The molecule has 0 saturated heterocycles. The van der Waals surface area contributed by atoms with E-state index in [2.05, 4.69) is 9.97 Å². The Labute approximate surface area is 110 Å². The molecule has 0 amide bonds. The van der Waals surface area contributed by atoms with Gasteiger partial charge in [-0.3, -0.25) is 4.98 Å². The Hall–Kier alpha value is -1.24. The molecule has 0 saturated carbocycles. The van der Waals surface area contributed by atoms with Crippen LogP contribution < -0.4 is 0 Å². The minimum atomic E-state index is -1.74. The lowest BCUT2D eigenvalue weighted by molar-refractivity contribution is -0.171. The number of carbonyl (C=O) groups excluding carboxylic acids is 1. The summed E-state index contributed by atoms with van der Waals surface area (Å²) in [4.78, 5) is 19.0. The van der Waals surface area contributed by atoms with Gasteiger partial charge in [-0.05, 0) is 20.8 Å². The first-order valence-electron chi connectivity index (χ1n) is 5.27. The second-order valence-electron chi connectivity index (χ2n) is 4.69. The van der Waals surface area contributed by atoms with Crippen LogP contribution in [0.4, 0.5) is 0 Å². The highest BCUT2D eigenvalue weighted by atomic mass is 35.5. The van der Waals surface area contributed by atoms with E-state index in [1.54, 1.807) is 20.8 Å². The first-order valence-corrected chi connectivity index (χ1v) is 5.65. The number of carbonyl (C=O) groups is 1. The molecule has 0 radical (unpaired) electrons. The van der Waals surface area contributed by atoms with Crippen molar-refractivity contribution in [3.05, 3.63) is 23.2 Å². The second-order valence-corrected chi connectivity index (χ2v) is 5.08. The number of hydrogen-bond acceptors (Lipinski definition) is 6. The molecule has 2 N–H and O–H groups in total. The van der Waals surface area contributed by atoms with Crippen LogP contribution in [-0.2, 0) is 9.53 Å². The maximum absolute atomic E-state index is 11.5. The van der Waals surface area contributed by atoms with Crippen LogP contribution in [-0.4, -0.2) is 37.9 Å². The molecule has 2 atom stereocenters. The molecule has 6 nitrogen and oxygen atoms in total. The van der Waals surface area contributed by atoms with E-state index in [0.29, 0.717) is 0 Å². The fourth-order valence-corrected chi connectivity index (χ4v) is 1.31. The molecule has 1 heterocycles. The number of nitrogens with zero attached hydrogens (tertiary/aromatic N) is 2. The van der Waals surface area contributed by atoms with Crippen LogP contribution in [0.15, 0.2) is 12.4 Å². The third-order valence-corrected chi connectivity index (χ3v) is 2.06. The number of aromatic nitrogens is 2. The lowest BCUT2D eigenvalue weighted by Gasteiger charge is -2.23. The minimum Gasteiger partial charge on any atom is -0.458 e. The van der Waals surface area contributed by atoms with Gasteiger partial charge in [-0.25, -0.2) is 9.78 Å². The van der Waals surface area contributed by atoms with E-state index in [1.807, 2.05) is 0 Å². The summed E-state index contributed by atoms with van der Waals surface area (Å²) < 4.78 is 4.94. The number of hydrogen-bond donors (Lipinski definition) is 2. The molecule has 1 aromatic rings. The zero-order valence-electron chi connectivity index (χ0n) is 10.3. The minimum absolute atomic E-state index is 0.000796. The summed E-state index contributed by atoms with van der Waals surface area (Å²) in [6.07, 6.45) is -0.787. The summed E-state index contributed by atoms with van der Waals surface area (Å²) in [7, 11) is 0. The Morgan fingerprint density at radius 3 is 2.50 bits per heavy atom. The molecule has 0 spiro atoms. The number of aliphatic hydroxyl groups excluding tert-OH is 2. The Kier molecular flexibility index (Phi) is 4.61. The van der Waals surface area contributed by atoms with Gasteiger partial charge in [-0.1, -0.05) is 11.6 Å². The van der Waals surface area contributed by atoms with Crippen molar-refractivity contribution >= 4 is 17.6 Å². The van der Waals surface area contributed by atoms with E-state index in [0.717, 1.165) is 0 Å². The van der Waals surface area contributed by atoms with Crippen molar-refractivity contribution in [2.75, 3.05) is 0 Å². The van der Waals surface area contributed by atoms with Gasteiger partial charge in [-0.2, -0.15) is 0 Å². The number of rotatable bonds is 3. The quantitative estimate of drug-likeness (QED) is 0.795. The maximum Gasteiger partial charge on any atom is 0.338 e. The third-order valence-electron chi connectivity index (χ3n) is 1.87. The number of halogens is 1. The molecule has 1 aromatic heterocycles. The van der Waals surface area contributed by atoms with E-state index < -0.39 is 23.8 Å². The molecule has 1 unspecified atom stereocenters. The molecule has 0 aromatic carbocycles. The van der Waals surface area contributed by atoms with E-state index in [-0.39, 0.29) is 10.8 Å². The van der Waals surface area contributed by atoms with Gasteiger partial charge in [0.15, 0.2) is 6.10 Å². The molecule has 0 bridgehead atoms. The van der Waals surface area contributed by atoms with Crippen molar-refractivity contribution < 1.29 is 19.7 Å². The molecule has 0 aliphatic carbocycles. The monoisotopic (exact) mass is 274 g/mol. The molecule has 7 heteroatoms. The predicted octanol–water partition coefficient (Wildman–Crippen LogP) is 0.866. The number of aliphatic hydroxyl groups is 2. The van der Waals surface area contributed by atoms with Crippen LogP contribution in [0.5, 0.6) is 0 Å². The van der Waals surface area contributed by atoms with Crippen LogP contribution in [0.3, 0.4) is 0 Å². The highest BCUT2D eigenvalue weighted by Crippen LogP contribution is 2.18. The largest absolute Gasteiger partial charge is 0.458 e. The van der Waals surface area contributed by atoms with Crippen molar-refractivity contribution in [1.82, 2.24) is 9.97 Å². The zero-order valence-corrected chi connectivity index (χ0v) is 11.0. The zero-order chi connectivity index (χ0) is 13.9. The third kappa shape index (κ3) is 4.21. The normalized spacial score (nSPS) is 15.0. The van der Waals surface area contributed by atoms with E-state index in [9.17, 15) is 15.0 Å². The van der Waals surface area contributed by atoms with Crippen LogP contribution >= 0.6 is 11.6 Å². The molecule has 1 rings (SSSR count). The highest BCUT2D eigenvalue weighted by molar-refractivity contribution is 6.29. The highest BCUT2D eigenvalue weighted by Gasteiger charge is 2.31. The van der Waals surface area contributed by atoms with Crippen LogP contribution in [0.1, 0.15) is 32.6 Å². The smallest absolute Gasteiger partial charge is 0.338 e. The van der Waals surface area contributed by atoms with Crippen molar-refractivity contribution in [2.45, 2.75) is 38.6 Å². The summed E-state index contributed by atoms with van der Waals surface area (Å²) in [5.41, 5.74) is -0.751. The SMILES string of the molecule is CC(C)(C)OC(=O)C(O)[C@@H](O)c1cncc(Cl)n1. The Morgan fingerprint density at radius 2 is 2.00 bits per heavy atom. The average molecular weight is 275 g/mol. The van der Waals surface area contributed by atoms with E-state index in [4.69, 9.17) is 16.3 Å². The molecule has 100 valence electrons. The fraction of sp³-hybridized carbons (Fsp3) is 0.545. The van der Waals surface area contributed by atoms with Crippen LogP contribution in [0, 0.1) is 0 Å². The Balaban J connectivity index is 2.78. The summed E-state index contributed by atoms with van der Waals surface area (Å²) in [5, 5.41) is 19.5. The number of ether oxygens (including phenoxy) is 1. The van der Waals surface area contributed by atoms with Crippen molar-refractivity contribution in [1.29, 1.82) is 0 Å². The van der Waals surface area contributed by atoms with Gasteiger partial charge in [0.1, 0.15) is 16.9 Å². The first kappa shape index (κ1) is 14.8.